The van der Waals surface area contributed by atoms with Crippen LogP contribution in [0.1, 0.15) is 43.0 Å². The fourth-order valence-electron chi connectivity index (χ4n) is 2.34. The van der Waals surface area contributed by atoms with Crippen molar-refractivity contribution >= 4 is 17.5 Å². The molecule has 19 heavy (non-hydrogen) atoms. The highest BCUT2D eigenvalue weighted by Gasteiger charge is 2.23. The molecule has 1 aromatic carbocycles. The number of rotatable bonds is 3. The zero-order valence-electron chi connectivity index (χ0n) is 10.5. The zero-order valence-corrected chi connectivity index (χ0v) is 11.2. The van der Waals surface area contributed by atoms with E-state index in [0.29, 0.717) is 0 Å². The van der Waals surface area contributed by atoms with Gasteiger partial charge < -0.3 is 5.32 Å². The van der Waals surface area contributed by atoms with Crippen LogP contribution in [0.2, 0.25) is 0 Å². The van der Waals surface area contributed by atoms with Gasteiger partial charge in [-0.2, -0.15) is 0 Å². The molecule has 0 aromatic heterocycles. The Morgan fingerprint density at radius 1 is 1.21 bits per heavy atom. The second-order valence-corrected chi connectivity index (χ2v) is 5.32. The predicted molar refractivity (Wildman–Crippen MR) is 70.0 cm³/mol. The first kappa shape index (κ1) is 14.3. The van der Waals surface area contributed by atoms with Crippen molar-refractivity contribution in [3.63, 3.8) is 0 Å². The summed E-state index contributed by atoms with van der Waals surface area (Å²) < 4.78 is 25.9. The Hall–Kier alpha value is -1.16. The summed E-state index contributed by atoms with van der Waals surface area (Å²) >= 11 is 6.00. The van der Waals surface area contributed by atoms with Crippen LogP contribution >= 0.6 is 11.6 Å². The maximum atomic E-state index is 13.1. The smallest absolute Gasteiger partial charge is 0.242 e. The summed E-state index contributed by atoms with van der Waals surface area (Å²) in [7, 11) is 0. The van der Waals surface area contributed by atoms with Crippen LogP contribution in [0.25, 0.3) is 0 Å². The third kappa shape index (κ3) is 3.66. The van der Waals surface area contributed by atoms with Crippen molar-refractivity contribution in [1.29, 1.82) is 0 Å². The van der Waals surface area contributed by atoms with E-state index in [1.165, 1.54) is 12.5 Å². The van der Waals surface area contributed by atoms with E-state index in [0.717, 1.165) is 37.8 Å². The van der Waals surface area contributed by atoms with Crippen LogP contribution in [0.15, 0.2) is 18.2 Å². The van der Waals surface area contributed by atoms with Gasteiger partial charge in [0.1, 0.15) is 5.38 Å². The Balaban J connectivity index is 1.99. The zero-order chi connectivity index (χ0) is 13.8. The van der Waals surface area contributed by atoms with Gasteiger partial charge in [-0.3, -0.25) is 4.79 Å². The molecular formula is C14H16ClF2NO. The highest BCUT2D eigenvalue weighted by atomic mass is 35.5. The maximum absolute atomic E-state index is 13.1. The molecule has 1 aromatic rings. The van der Waals surface area contributed by atoms with E-state index >= 15 is 0 Å². The molecule has 1 aliphatic rings. The molecule has 0 saturated heterocycles. The molecule has 0 aliphatic heterocycles. The van der Waals surface area contributed by atoms with Crippen molar-refractivity contribution in [3.05, 3.63) is 35.4 Å². The molecule has 1 N–H and O–H groups in total. The number of carbonyl (C=O) groups is 1. The predicted octanol–water partition coefficient (Wildman–Crippen LogP) is 3.69. The fourth-order valence-corrected chi connectivity index (χ4v) is 2.54. The van der Waals surface area contributed by atoms with Gasteiger partial charge in [-0.15, -0.1) is 11.6 Å². The molecule has 1 saturated carbocycles. The Morgan fingerprint density at radius 3 is 2.53 bits per heavy atom. The molecule has 1 fully saturated rings. The lowest BCUT2D eigenvalue weighted by atomic mass is 9.95. The summed E-state index contributed by atoms with van der Waals surface area (Å²) in [6.07, 6.45) is 5.30. The van der Waals surface area contributed by atoms with E-state index in [9.17, 15) is 13.6 Å². The normalized spacial score (nSPS) is 18.1. The molecule has 2 rings (SSSR count). The number of hydrogen-bond acceptors (Lipinski definition) is 1. The standard InChI is InChI=1S/C14H16ClF2NO/c15-13(9-6-7-11(16)12(17)8-9)14(19)18-10-4-2-1-3-5-10/h6-8,10,13H,1-5H2,(H,18,19). The Bertz CT molecular complexity index is 461. The van der Waals surface area contributed by atoms with Crippen LogP contribution < -0.4 is 5.32 Å². The summed E-state index contributed by atoms with van der Waals surface area (Å²) in [4.78, 5) is 11.9. The van der Waals surface area contributed by atoms with E-state index < -0.39 is 17.0 Å². The van der Waals surface area contributed by atoms with E-state index in [1.807, 2.05) is 0 Å². The van der Waals surface area contributed by atoms with Crippen molar-refractivity contribution in [2.75, 3.05) is 0 Å². The average Bonchev–Trinajstić information content (AvgIpc) is 2.42. The summed E-state index contributed by atoms with van der Waals surface area (Å²) in [5.41, 5.74) is 0.272. The Kier molecular flexibility index (Phi) is 4.75. The molecular weight excluding hydrogens is 272 g/mol. The summed E-state index contributed by atoms with van der Waals surface area (Å²) in [5.74, 6) is -2.28. The first-order valence-electron chi connectivity index (χ1n) is 6.47. The van der Waals surface area contributed by atoms with Crippen molar-refractivity contribution in [2.45, 2.75) is 43.5 Å². The number of alkyl halides is 1. The van der Waals surface area contributed by atoms with Gasteiger partial charge >= 0.3 is 0 Å². The van der Waals surface area contributed by atoms with Crippen LogP contribution in [0.3, 0.4) is 0 Å². The van der Waals surface area contributed by atoms with E-state index in [1.54, 1.807) is 0 Å². The topological polar surface area (TPSA) is 29.1 Å². The van der Waals surface area contributed by atoms with Gasteiger partial charge in [0, 0.05) is 6.04 Å². The van der Waals surface area contributed by atoms with Crippen molar-refractivity contribution in [3.8, 4) is 0 Å². The van der Waals surface area contributed by atoms with Crippen LogP contribution in [0.5, 0.6) is 0 Å². The van der Waals surface area contributed by atoms with Crippen LogP contribution in [0.4, 0.5) is 8.78 Å². The van der Waals surface area contributed by atoms with Crippen molar-refractivity contribution < 1.29 is 13.6 Å². The molecule has 1 atom stereocenters. The quantitative estimate of drug-likeness (QED) is 0.844. The minimum Gasteiger partial charge on any atom is -0.352 e. The lowest BCUT2D eigenvalue weighted by Crippen LogP contribution is -2.38. The van der Waals surface area contributed by atoms with Gasteiger partial charge in [-0.1, -0.05) is 25.3 Å². The van der Waals surface area contributed by atoms with Gasteiger partial charge in [0.05, 0.1) is 0 Å². The number of nitrogens with one attached hydrogen (secondary N) is 1. The van der Waals surface area contributed by atoms with Gasteiger partial charge in [0.2, 0.25) is 5.91 Å². The molecule has 2 nitrogen and oxygen atoms in total. The van der Waals surface area contributed by atoms with Crippen molar-refractivity contribution in [1.82, 2.24) is 5.32 Å². The van der Waals surface area contributed by atoms with Gasteiger partial charge in [0.25, 0.3) is 0 Å². The first-order chi connectivity index (χ1) is 9.08. The first-order valence-corrected chi connectivity index (χ1v) is 6.91. The second kappa shape index (κ2) is 6.33. The SMILES string of the molecule is O=C(NC1CCCCC1)C(Cl)c1ccc(F)c(F)c1. The highest BCUT2D eigenvalue weighted by molar-refractivity contribution is 6.30. The van der Waals surface area contributed by atoms with Gasteiger partial charge in [0.15, 0.2) is 11.6 Å². The average molecular weight is 288 g/mol. The highest BCUT2D eigenvalue weighted by Crippen LogP contribution is 2.24. The summed E-state index contributed by atoms with van der Waals surface area (Å²) in [6, 6.07) is 3.42. The van der Waals surface area contributed by atoms with Gasteiger partial charge in [-0.05, 0) is 30.5 Å². The van der Waals surface area contributed by atoms with Crippen molar-refractivity contribution in [2.24, 2.45) is 0 Å². The molecule has 1 aliphatic carbocycles. The minimum absolute atomic E-state index is 0.146. The fraction of sp³-hybridized carbons (Fsp3) is 0.500. The van der Waals surface area contributed by atoms with Crippen LogP contribution in [-0.4, -0.2) is 11.9 Å². The molecule has 0 bridgehead atoms. The molecule has 5 heteroatoms. The van der Waals surface area contributed by atoms with E-state index in [-0.39, 0.29) is 17.5 Å². The minimum atomic E-state index is -0.992. The van der Waals surface area contributed by atoms with Crippen LogP contribution in [0, 0.1) is 11.6 Å². The molecule has 0 spiro atoms. The second-order valence-electron chi connectivity index (χ2n) is 4.88. The molecule has 1 unspecified atom stereocenters. The number of halogens is 3. The largest absolute Gasteiger partial charge is 0.352 e. The number of amides is 1. The number of carbonyl (C=O) groups excluding carboxylic acids is 1. The Labute approximate surface area is 116 Å². The lowest BCUT2D eigenvalue weighted by Gasteiger charge is -2.24. The molecule has 104 valence electrons. The monoisotopic (exact) mass is 287 g/mol. The molecule has 1 amide bonds. The van der Waals surface area contributed by atoms with E-state index in [2.05, 4.69) is 5.32 Å². The third-order valence-electron chi connectivity index (χ3n) is 3.42. The summed E-state index contributed by atoms with van der Waals surface area (Å²) in [5, 5.41) is 1.88. The third-order valence-corrected chi connectivity index (χ3v) is 3.87. The van der Waals surface area contributed by atoms with Gasteiger partial charge in [-0.25, -0.2) is 8.78 Å². The lowest BCUT2D eigenvalue weighted by molar-refractivity contribution is -0.121. The number of hydrogen-bond donors (Lipinski definition) is 1. The Morgan fingerprint density at radius 2 is 1.89 bits per heavy atom. The van der Waals surface area contributed by atoms with E-state index in [4.69, 9.17) is 11.6 Å². The molecule has 0 radical (unpaired) electrons. The molecule has 0 heterocycles. The summed E-state index contributed by atoms with van der Waals surface area (Å²) in [6.45, 7) is 0. The number of benzene rings is 1. The maximum Gasteiger partial charge on any atom is 0.242 e. The van der Waals surface area contributed by atoms with Crippen LogP contribution in [-0.2, 0) is 4.79 Å².